The fourth-order valence-electron chi connectivity index (χ4n) is 1.59. The molecule has 1 N–H and O–H groups in total. The minimum atomic E-state index is -4.45. The molecule has 0 heterocycles. The van der Waals surface area contributed by atoms with E-state index in [1.165, 1.54) is 6.07 Å². The molecule has 1 aromatic carbocycles. The fraction of sp³-hybridized carbons (Fsp3) is 0.500. The fourth-order valence-corrected chi connectivity index (χ4v) is 3.08. The van der Waals surface area contributed by atoms with Crippen molar-refractivity contribution < 1.29 is 21.6 Å². The Hall–Kier alpha value is -0.950. The van der Waals surface area contributed by atoms with Crippen molar-refractivity contribution in [3.63, 3.8) is 0 Å². The maximum absolute atomic E-state index is 12.4. The van der Waals surface area contributed by atoms with E-state index in [-0.39, 0.29) is 28.8 Å². The van der Waals surface area contributed by atoms with E-state index in [1.807, 2.05) is 0 Å². The summed E-state index contributed by atoms with van der Waals surface area (Å²) in [7, 11) is -3.13. The highest BCUT2D eigenvalue weighted by Crippen LogP contribution is 2.33. The molecule has 0 spiro atoms. The van der Waals surface area contributed by atoms with Crippen LogP contribution in [0.3, 0.4) is 0 Å². The van der Waals surface area contributed by atoms with Gasteiger partial charge in [0.2, 0.25) is 0 Å². The summed E-state index contributed by atoms with van der Waals surface area (Å²) < 4.78 is 60.2. The maximum Gasteiger partial charge on any atom is 0.416 e. The lowest BCUT2D eigenvalue weighted by molar-refractivity contribution is -0.137. The molecule has 20 heavy (non-hydrogen) atoms. The monoisotopic (exact) mass is 329 g/mol. The second-order valence-corrected chi connectivity index (χ2v) is 6.98. The highest BCUT2D eigenvalue weighted by molar-refractivity contribution is 7.91. The summed E-state index contributed by atoms with van der Waals surface area (Å²) in [6.45, 7) is 1.87. The first kappa shape index (κ1) is 17.1. The van der Waals surface area contributed by atoms with Gasteiger partial charge < -0.3 is 5.32 Å². The van der Waals surface area contributed by atoms with Gasteiger partial charge >= 0.3 is 6.18 Å². The number of sulfone groups is 1. The van der Waals surface area contributed by atoms with Gasteiger partial charge in [0.05, 0.1) is 22.0 Å². The third-order valence-electron chi connectivity index (χ3n) is 2.54. The molecule has 0 unspecified atom stereocenters. The smallest absolute Gasteiger partial charge is 0.383 e. The highest BCUT2D eigenvalue weighted by Gasteiger charge is 2.30. The van der Waals surface area contributed by atoms with E-state index in [0.29, 0.717) is 6.42 Å². The largest absolute Gasteiger partial charge is 0.416 e. The van der Waals surface area contributed by atoms with Gasteiger partial charge in [0, 0.05) is 12.3 Å². The molecule has 0 atom stereocenters. The second-order valence-electron chi connectivity index (χ2n) is 4.27. The first-order valence-corrected chi connectivity index (χ1v) is 8.16. The van der Waals surface area contributed by atoms with Crippen LogP contribution < -0.4 is 5.32 Å². The molecule has 114 valence electrons. The molecule has 0 fully saturated rings. The van der Waals surface area contributed by atoms with Crippen LogP contribution in [-0.4, -0.2) is 26.5 Å². The van der Waals surface area contributed by atoms with E-state index in [2.05, 4.69) is 5.32 Å². The summed E-state index contributed by atoms with van der Waals surface area (Å²) >= 11 is 5.73. The van der Waals surface area contributed by atoms with Crippen LogP contribution in [0.2, 0.25) is 5.02 Å². The van der Waals surface area contributed by atoms with Crippen LogP contribution in [0.5, 0.6) is 0 Å². The van der Waals surface area contributed by atoms with Crippen molar-refractivity contribution in [1.29, 1.82) is 0 Å². The molecule has 0 saturated carbocycles. The number of rotatable bonds is 6. The number of anilines is 1. The van der Waals surface area contributed by atoms with Crippen molar-refractivity contribution >= 4 is 27.1 Å². The molecule has 3 nitrogen and oxygen atoms in total. The minimum Gasteiger partial charge on any atom is -0.383 e. The van der Waals surface area contributed by atoms with Gasteiger partial charge in [-0.1, -0.05) is 18.5 Å². The van der Waals surface area contributed by atoms with Crippen molar-refractivity contribution in [1.82, 2.24) is 0 Å². The van der Waals surface area contributed by atoms with Crippen LogP contribution >= 0.6 is 11.6 Å². The van der Waals surface area contributed by atoms with Gasteiger partial charge in [-0.25, -0.2) is 8.42 Å². The minimum absolute atomic E-state index is 0.0851. The quantitative estimate of drug-likeness (QED) is 0.867. The topological polar surface area (TPSA) is 46.2 Å². The average molecular weight is 330 g/mol. The molecular formula is C12H15ClF3NO2S. The van der Waals surface area contributed by atoms with E-state index in [9.17, 15) is 21.6 Å². The molecule has 0 aliphatic rings. The van der Waals surface area contributed by atoms with Crippen LogP contribution in [0.1, 0.15) is 18.9 Å². The van der Waals surface area contributed by atoms with Gasteiger partial charge in [-0.15, -0.1) is 0 Å². The molecule has 8 heteroatoms. The second kappa shape index (κ2) is 6.67. The Bertz CT molecular complexity index is 558. The van der Waals surface area contributed by atoms with Crippen molar-refractivity contribution in [3.8, 4) is 0 Å². The average Bonchev–Trinajstić information content (AvgIpc) is 2.29. The van der Waals surface area contributed by atoms with Gasteiger partial charge in [0.25, 0.3) is 0 Å². The Kier molecular flexibility index (Phi) is 5.70. The number of hydrogen-bond acceptors (Lipinski definition) is 3. The van der Waals surface area contributed by atoms with Gasteiger partial charge in [-0.05, 0) is 24.6 Å². The standard InChI is InChI=1S/C12H15ClF3NO2S/c1-2-6-20(18,19)7-5-17-11-4-3-9(8-10(11)13)12(14,15)16/h3-4,8,17H,2,5-7H2,1H3. The molecule has 0 amide bonds. The zero-order valence-electron chi connectivity index (χ0n) is 10.8. The van der Waals surface area contributed by atoms with E-state index in [1.54, 1.807) is 6.92 Å². The molecule has 0 radical (unpaired) electrons. The molecule has 1 aromatic rings. The molecule has 0 saturated heterocycles. The number of benzene rings is 1. The summed E-state index contributed by atoms with van der Waals surface area (Å²) in [5.41, 5.74) is -0.557. The van der Waals surface area contributed by atoms with Crippen molar-refractivity contribution in [2.75, 3.05) is 23.4 Å². The summed E-state index contributed by atoms with van der Waals surface area (Å²) in [4.78, 5) is 0. The highest BCUT2D eigenvalue weighted by atomic mass is 35.5. The van der Waals surface area contributed by atoms with Crippen LogP contribution in [0.15, 0.2) is 18.2 Å². The van der Waals surface area contributed by atoms with Crippen molar-refractivity contribution in [2.45, 2.75) is 19.5 Å². The van der Waals surface area contributed by atoms with Gasteiger partial charge in [0.15, 0.2) is 9.84 Å². The van der Waals surface area contributed by atoms with E-state index in [4.69, 9.17) is 11.6 Å². The Morgan fingerprint density at radius 3 is 2.40 bits per heavy atom. The number of halogens is 4. The molecular weight excluding hydrogens is 315 g/mol. The van der Waals surface area contributed by atoms with Crippen LogP contribution in [0.25, 0.3) is 0 Å². The zero-order valence-corrected chi connectivity index (χ0v) is 12.4. The normalized spacial score (nSPS) is 12.4. The molecule has 0 aliphatic carbocycles. The predicted octanol–water partition coefficient (Wildman–Crippen LogP) is 3.60. The Morgan fingerprint density at radius 1 is 1.25 bits per heavy atom. The first-order valence-electron chi connectivity index (χ1n) is 5.97. The molecule has 1 rings (SSSR count). The predicted molar refractivity (Wildman–Crippen MR) is 73.9 cm³/mol. The van der Waals surface area contributed by atoms with Gasteiger partial charge in [-0.3, -0.25) is 0 Å². The van der Waals surface area contributed by atoms with E-state index >= 15 is 0 Å². The third kappa shape index (κ3) is 5.20. The van der Waals surface area contributed by atoms with Gasteiger partial charge in [0.1, 0.15) is 0 Å². The molecule has 0 aliphatic heterocycles. The third-order valence-corrected chi connectivity index (χ3v) is 4.71. The Labute approximate surface area is 121 Å². The maximum atomic E-state index is 12.4. The molecule has 0 bridgehead atoms. The summed E-state index contributed by atoms with van der Waals surface area (Å²) in [5.74, 6) is 0.00755. The number of hydrogen-bond donors (Lipinski definition) is 1. The van der Waals surface area contributed by atoms with Crippen LogP contribution in [0.4, 0.5) is 18.9 Å². The van der Waals surface area contributed by atoms with E-state index < -0.39 is 21.6 Å². The lowest BCUT2D eigenvalue weighted by Gasteiger charge is -2.11. The van der Waals surface area contributed by atoms with Crippen molar-refractivity contribution in [2.24, 2.45) is 0 Å². The van der Waals surface area contributed by atoms with Gasteiger partial charge in [-0.2, -0.15) is 13.2 Å². The molecule has 0 aromatic heterocycles. The number of alkyl halides is 3. The van der Waals surface area contributed by atoms with E-state index in [0.717, 1.165) is 12.1 Å². The lowest BCUT2D eigenvalue weighted by Crippen LogP contribution is -2.18. The van der Waals surface area contributed by atoms with Crippen LogP contribution in [-0.2, 0) is 16.0 Å². The first-order chi connectivity index (χ1) is 9.15. The lowest BCUT2D eigenvalue weighted by atomic mass is 10.2. The Morgan fingerprint density at radius 2 is 1.90 bits per heavy atom. The van der Waals surface area contributed by atoms with Crippen molar-refractivity contribution in [3.05, 3.63) is 28.8 Å². The summed E-state index contributed by atoms with van der Waals surface area (Å²) in [5, 5.41) is 2.64. The summed E-state index contributed by atoms with van der Waals surface area (Å²) in [6.07, 6.45) is -3.92. The summed E-state index contributed by atoms with van der Waals surface area (Å²) in [6, 6.07) is 2.90. The zero-order chi connectivity index (χ0) is 15.4. The number of nitrogens with one attached hydrogen (secondary N) is 1. The SMILES string of the molecule is CCCS(=O)(=O)CCNc1ccc(C(F)(F)F)cc1Cl. The Balaban J connectivity index is 2.67. The van der Waals surface area contributed by atoms with Crippen LogP contribution in [0, 0.1) is 0 Å².